The van der Waals surface area contributed by atoms with Gasteiger partial charge in [0.05, 0.1) is 5.02 Å². The molecule has 0 aromatic heterocycles. The van der Waals surface area contributed by atoms with Crippen LogP contribution in [0.15, 0.2) is 40.9 Å². The normalized spacial score (nSPS) is 12.2. The molecule has 0 amide bonds. The van der Waals surface area contributed by atoms with E-state index >= 15 is 0 Å². The summed E-state index contributed by atoms with van der Waals surface area (Å²) in [6.45, 7) is 2.06. The minimum absolute atomic E-state index is 0.0763. The lowest BCUT2D eigenvalue weighted by Gasteiger charge is -2.12. The van der Waals surface area contributed by atoms with Crippen LogP contribution in [0.2, 0.25) is 5.02 Å². The number of hydrogen-bond donors (Lipinski definition) is 1. The van der Waals surface area contributed by atoms with Crippen LogP contribution in [-0.4, -0.2) is 6.04 Å². The molecule has 0 bridgehead atoms. The standard InChI is InChI=1S/C16H16BrClFNO/c1-2-11(20)7-10-3-4-12(8-14(10)17)21-13-5-6-15(18)16(19)9-13/h3-6,8-9,11H,2,7,20H2,1H3. The zero-order valence-corrected chi connectivity index (χ0v) is 13.9. The molecule has 2 aromatic rings. The quantitative estimate of drug-likeness (QED) is 0.771. The Morgan fingerprint density at radius 1 is 1.24 bits per heavy atom. The summed E-state index contributed by atoms with van der Waals surface area (Å²) in [4.78, 5) is 0. The fraction of sp³-hybridized carbons (Fsp3) is 0.250. The molecule has 0 saturated carbocycles. The van der Waals surface area contributed by atoms with E-state index in [9.17, 15) is 4.39 Å². The number of rotatable bonds is 5. The van der Waals surface area contributed by atoms with E-state index in [0.717, 1.165) is 22.9 Å². The van der Waals surface area contributed by atoms with Crippen molar-refractivity contribution in [1.29, 1.82) is 0 Å². The van der Waals surface area contributed by atoms with Crippen LogP contribution in [0.1, 0.15) is 18.9 Å². The average molecular weight is 373 g/mol. The molecule has 1 atom stereocenters. The first-order valence-corrected chi connectivity index (χ1v) is 7.83. The highest BCUT2D eigenvalue weighted by Gasteiger charge is 2.08. The van der Waals surface area contributed by atoms with E-state index in [0.29, 0.717) is 11.5 Å². The molecule has 2 aromatic carbocycles. The minimum atomic E-state index is -0.501. The molecule has 0 saturated heterocycles. The lowest BCUT2D eigenvalue weighted by Crippen LogP contribution is -2.21. The van der Waals surface area contributed by atoms with Crippen LogP contribution in [-0.2, 0) is 6.42 Å². The molecule has 21 heavy (non-hydrogen) atoms. The van der Waals surface area contributed by atoms with Gasteiger partial charge in [-0.2, -0.15) is 0 Å². The zero-order valence-electron chi connectivity index (χ0n) is 11.6. The summed E-state index contributed by atoms with van der Waals surface area (Å²) in [5.41, 5.74) is 7.08. The van der Waals surface area contributed by atoms with Gasteiger partial charge in [-0.15, -0.1) is 0 Å². The second kappa shape index (κ2) is 7.25. The van der Waals surface area contributed by atoms with Crippen molar-refractivity contribution in [2.45, 2.75) is 25.8 Å². The maximum Gasteiger partial charge on any atom is 0.145 e. The SMILES string of the molecule is CCC(N)Cc1ccc(Oc2ccc(Cl)c(F)c2)cc1Br. The minimum Gasteiger partial charge on any atom is -0.457 e. The van der Waals surface area contributed by atoms with Crippen LogP contribution < -0.4 is 10.5 Å². The van der Waals surface area contributed by atoms with Crippen molar-refractivity contribution in [1.82, 2.24) is 0 Å². The maximum absolute atomic E-state index is 13.4. The molecule has 0 aliphatic heterocycles. The summed E-state index contributed by atoms with van der Waals surface area (Å²) in [6.07, 6.45) is 1.72. The number of benzene rings is 2. The number of hydrogen-bond acceptors (Lipinski definition) is 2. The van der Waals surface area contributed by atoms with Gasteiger partial charge in [-0.05, 0) is 42.7 Å². The van der Waals surface area contributed by atoms with E-state index in [4.69, 9.17) is 22.1 Å². The second-order valence-electron chi connectivity index (χ2n) is 4.80. The van der Waals surface area contributed by atoms with E-state index in [2.05, 4.69) is 22.9 Å². The Labute approximate surface area is 137 Å². The van der Waals surface area contributed by atoms with Crippen molar-refractivity contribution in [2.24, 2.45) is 5.73 Å². The highest BCUT2D eigenvalue weighted by molar-refractivity contribution is 9.10. The molecule has 112 valence electrons. The Balaban J connectivity index is 2.14. The maximum atomic E-state index is 13.4. The Bertz CT molecular complexity index is 636. The molecule has 0 heterocycles. The van der Waals surface area contributed by atoms with Crippen LogP contribution in [0.3, 0.4) is 0 Å². The first-order valence-electron chi connectivity index (χ1n) is 6.66. The zero-order chi connectivity index (χ0) is 15.4. The van der Waals surface area contributed by atoms with Gasteiger partial charge in [0.1, 0.15) is 17.3 Å². The second-order valence-corrected chi connectivity index (χ2v) is 6.07. The van der Waals surface area contributed by atoms with Gasteiger partial charge in [0.15, 0.2) is 0 Å². The molecule has 0 fully saturated rings. The Morgan fingerprint density at radius 2 is 1.90 bits per heavy atom. The van der Waals surface area contributed by atoms with E-state index < -0.39 is 5.82 Å². The van der Waals surface area contributed by atoms with Crippen molar-refractivity contribution in [3.05, 3.63) is 57.3 Å². The van der Waals surface area contributed by atoms with Gasteiger partial charge in [0.25, 0.3) is 0 Å². The van der Waals surface area contributed by atoms with Gasteiger partial charge < -0.3 is 10.5 Å². The first-order chi connectivity index (χ1) is 9.99. The molecule has 2 nitrogen and oxygen atoms in total. The predicted octanol–water partition coefficient (Wildman–Crippen LogP) is 5.31. The lowest BCUT2D eigenvalue weighted by atomic mass is 10.0. The number of halogens is 3. The van der Waals surface area contributed by atoms with E-state index in [-0.39, 0.29) is 11.1 Å². The van der Waals surface area contributed by atoms with Crippen LogP contribution in [0, 0.1) is 5.82 Å². The Hall–Kier alpha value is -1.10. The molecule has 5 heteroatoms. The fourth-order valence-corrected chi connectivity index (χ4v) is 2.50. The number of nitrogens with two attached hydrogens (primary N) is 1. The average Bonchev–Trinajstić information content (AvgIpc) is 2.45. The van der Waals surface area contributed by atoms with Crippen molar-refractivity contribution >= 4 is 27.5 Å². The Kier molecular flexibility index (Phi) is 5.62. The van der Waals surface area contributed by atoms with Gasteiger partial charge in [0.2, 0.25) is 0 Å². The molecule has 0 aliphatic carbocycles. The summed E-state index contributed by atoms with van der Waals surface area (Å²) in [5.74, 6) is 0.526. The largest absolute Gasteiger partial charge is 0.457 e. The van der Waals surface area contributed by atoms with E-state index in [1.807, 2.05) is 18.2 Å². The monoisotopic (exact) mass is 371 g/mol. The molecule has 0 spiro atoms. The van der Waals surface area contributed by atoms with E-state index in [1.54, 1.807) is 6.07 Å². The summed E-state index contributed by atoms with van der Waals surface area (Å²) >= 11 is 9.16. The molecule has 2 rings (SSSR count). The smallest absolute Gasteiger partial charge is 0.145 e. The first kappa shape index (κ1) is 16.3. The molecule has 0 aliphatic rings. The summed E-state index contributed by atoms with van der Waals surface area (Å²) in [6, 6.07) is 10.1. The lowest BCUT2D eigenvalue weighted by molar-refractivity contribution is 0.476. The molecule has 1 unspecified atom stereocenters. The molecule has 2 N–H and O–H groups in total. The number of ether oxygens (including phenoxy) is 1. The summed E-state index contributed by atoms with van der Waals surface area (Å²) < 4.78 is 19.9. The van der Waals surface area contributed by atoms with Crippen LogP contribution in [0.4, 0.5) is 4.39 Å². The summed E-state index contributed by atoms with van der Waals surface area (Å²) in [7, 11) is 0. The van der Waals surface area contributed by atoms with Gasteiger partial charge in [-0.1, -0.05) is 40.5 Å². The van der Waals surface area contributed by atoms with Gasteiger partial charge in [0, 0.05) is 16.6 Å². The third-order valence-corrected chi connectivity index (χ3v) is 4.20. The molecule has 0 radical (unpaired) electrons. The van der Waals surface area contributed by atoms with E-state index in [1.165, 1.54) is 12.1 Å². The highest BCUT2D eigenvalue weighted by atomic mass is 79.9. The van der Waals surface area contributed by atoms with Gasteiger partial charge >= 0.3 is 0 Å². The Morgan fingerprint density at radius 3 is 2.52 bits per heavy atom. The fourth-order valence-electron chi connectivity index (χ4n) is 1.86. The predicted molar refractivity (Wildman–Crippen MR) is 87.6 cm³/mol. The molecular weight excluding hydrogens is 357 g/mol. The van der Waals surface area contributed by atoms with Crippen molar-refractivity contribution < 1.29 is 9.13 Å². The van der Waals surface area contributed by atoms with Crippen molar-refractivity contribution in [3.8, 4) is 11.5 Å². The molecular formula is C16H16BrClFNO. The van der Waals surface area contributed by atoms with Crippen molar-refractivity contribution in [3.63, 3.8) is 0 Å². The topological polar surface area (TPSA) is 35.2 Å². The van der Waals surface area contributed by atoms with Crippen molar-refractivity contribution in [2.75, 3.05) is 0 Å². The van der Waals surface area contributed by atoms with Crippen LogP contribution in [0.25, 0.3) is 0 Å². The van der Waals surface area contributed by atoms with Crippen LogP contribution >= 0.6 is 27.5 Å². The van der Waals surface area contributed by atoms with Gasteiger partial charge in [-0.25, -0.2) is 4.39 Å². The third kappa shape index (κ3) is 4.43. The van der Waals surface area contributed by atoms with Gasteiger partial charge in [-0.3, -0.25) is 0 Å². The van der Waals surface area contributed by atoms with Crippen LogP contribution in [0.5, 0.6) is 11.5 Å². The summed E-state index contributed by atoms with van der Waals surface area (Å²) in [5, 5.41) is 0.0763. The highest BCUT2D eigenvalue weighted by Crippen LogP contribution is 2.29. The third-order valence-electron chi connectivity index (χ3n) is 3.16.